The predicted octanol–water partition coefficient (Wildman–Crippen LogP) is 9.24. The van der Waals surface area contributed by atoms with E-state index < -0.39 is 52.3 Å². The third-order valence-electron chi connectivity index (χ3n) is 6.04. The fourth-order valence-electron chi connectivity index (χ4n) is 4.16. The molecule has 0 atom stereocenters. The Morgan fingerprint density at radius 1 is 0.658 bits per heavy atom. The van der Waals surface area contributed by atoms with Gasteiger partial charge in [-0.05, 0) is 53.3 Å². The van der Waals surface area contributed by atoms with Gasteiger partial charge in [0.25, 0.3) is 0 Å². The van der Waals surface area contributed by atoms with Crippen molar-refractivity contribution >= 4 is 0 Å². The topological polar surface area (TPSA) is 9.23 Å². The third-order valence-corrected chi connectivity index (χ3v) is 6.04. The van der Waals surface area contributed by atoms with Crippen LogP contribution in [0.5, 0.6) is 5.75 Å². The number of aryl methyl sites for hydroxylation is 1. The molecular formula is C29H20F8O. The summed E-state index contributed by atoms with van der Waals surface area (Å²) < 4.78 is 118. The first kappa shape index (κ1) is 27.2. The van der Waals surface area contributed by atoms with Gasteiger partial charge < -0.3 is 4.74 Å². The first-order valence-electron chi connectivity index (χ1n) is 11.5. The van der Waals surface area contributed by atoms with E-state index in [-0.39, 0.29) is 28.8 Å². The number of hydrogen-bond donors (Lipinski definition) is 0. The second kappa shape index (κ2) is 10.5. The molecule has 0 N–H and O–H groups in total. The number of benzene rings is 4. The first-order chi connectivity index (χ1) is 17.9. The number of halogens is 8. The molecule has 38 heavy (non-hydrogen) atoms. The van der Waals surface area contributed by atoms with Crippen molar-refractivity contribution in [1.82, 2.24) is 0 Å². The Morgan fingerprint density at radius 3 is 1.76 bits per heavy atom. The monoisotopic (exact) mass is 536 g/mol. The molecule has 0 fully saturated rings. The highest BCUT2D eigenvalue weighted by Gasteiger charge is 2.41. The number of alkyl halides is 2. The van der Waals surface area contributed by atoms with Crippen molar-refractivity contribution < 1.29 is 39.9 Å². The van der Waals surface area contributed by atoms with Crippen LogP contribution in [0.4, 0.5) is 35.1 Å². The van der Waals surface area contributed by atoms with Crippen molar-refractivity contribution in [3.63, 3.8) is 0 Å². The van der Waals surface area contributed by atoms with Gasteiger partial charge in [-0.2, -0.15) is 8.78 Å². The zero-order chi connectivity index (χ0) is 27.8. The average molecular weight is 536 g/mol. The molecule has 0 heterocycles. The van der Waals surface area contributed by atoms with Crippen molar-refractivity contribution in [3.05, 3.63) is 112 Å². The van der Waals surface area contributed by atoms with E-state index in [1.807, 2.05) is 31.2 Å². The molecule has 0 bridgehead atoms. The summed E-state index contributed by atoms with van der Waals surface area (Å²) in [6, 6.07) is 11.6. The number of rotatable bonds is 7. The maximum atomic E-state index is 15.3. The highest BCUT2D eigenvalue weighted by molar-refractivity contribution is 5.74. The molecule has 0 aliphatic heterocycles. The van der Waals surface area contributed by atoms with Crippen molar-refractivity contribution in [3.8, 4) is 28.0 Å². The van der Waals surface area contributed by atoms with E-state index in [9.17, 15) is 30.7 Å². The van der Waals surface area contributed by atoms with Crippen LogP contribution in [0, 0.1) is 41.8 Å². The minimum Gasteiger partial charge on any atom is -0.429 e. The Kier molecular flexibility index (Phi) is 7.49. The molecule has 0 amide bonds. The van der Waals surface area contributed by atoms with Crippen LogP contribution in [0.15, 0.2) is 60.7 Å². The molecule has 0 saturated heterocycles. The van der Waals surface area contributed by atoms with Gasteiger partial charge in [-0.3, -0.25) is 0 Å². The van der Waals surface area contributed by atoms with Crippen molar-refractivity contribution in [1.29, 1.82) is 0 Å². The zero-order valence-electron chi connectivity index (χ0n) is 20.1. The Hall–Kier alpha value is -3.88. The molecular weight excluding hydrogens is 516 g/mol. The molecule has 4 rings (SSSR count). The molecule has 9 heteroatoms. The summed E-state index contributed by atoms with van der Waals surface area (Å²) in [6.07, 6.45) is -2.89. The molecule has 0 saturated carbocycles. The summed E-state index contributed by atoms with van der Waals surface area (Å²) in [5, 5.41) is 0. The van der Waals surface area contributed by atoms with Gasteiger partial charge in [0.15, 0.2) is 17.5 Å². The quantitative estimate of drug-likeness (QED) is 0.169. The fourth-order valence-corrected chi connectivity index (χ4v) is 4.16. The molecule has 0 spiro atoms. The minimum atomic E-state index is -4.74. The van der Waals surface area contributed by atoms with Crippen LogP contribution in [-0.4, -0.2) is 0 Å². The van der Waals surface area contributed by atoms with Crippen molar-refractivity contribution in [2.24, 2.45) is 0 Å². The molecule has 198 valence electrons. The van der Waals surface area contributed by atoms with Crippen LogP contribution in [0.1, 0.15) is 30.0 Å². The van der Waals surface area contributed by atoms with Gasteiger partial charge in [-0.15, -0.1) is 0 Å². The molecule has 0 unspecified atom stereocenters. The highest BCUT2D eigenvalue weighted by atomic mass is 19.3. The van der Waals surface area contributed by atoms with Gasteiger partial charge in [0.05, 0.1) is 0 Å². The Balaban J connectivity index is 1.68. The second-order valence-corrected chi connectivity index (χ2v) is 8.68. The second-order valence-electron chi connectivity index (χ2n) is 8.68. The lowest BCUT2D eigenvalue weighted by Gasteiger charge is -2.20. The highest BCUT2D eigenvalue weighted by Crippen LogP contribution is 2.39. The summed E-state index contributed by atoms with van der Waals surface area (Å²) in [4.78, 5) is 0. The van der Waals surface area contributed by atoms with Gasteiger partial charge in [0.1, 0.15) is 28.8 Å². The Morgan fingerprint density at radius 2 is 1.21 bits per heavy atom. The maximum absolute atomic E-state index is 15.3. The van der Waals surface area contributed by atoms with Gasteiger partial charge in [-0.1, -0.05) is 49.7 Å². The van der Waals surface area contributed by atoms with Crippen LogP contribution >= 0.6 is 0 Å². The van der Waals surface area contributed by atoms with E-state index in [0.29, 0.717) is 17.7 Å². The van der Waals surface area contributed by atoms with Gasteiger partial charge in [-0.25, -0.2) is 26.3 Å². The summed E-state index contributed by atoms with van der Waals surface area (Å²) in [7, 11) is 0. The van der Waals surface area contributed by atoms with Crippen LogP contribution in [0.3, 0.4) is 0 Å². The first-order valence-corrected chi connectivity index (χ1v) is 11.5. The van der Waals surface area contributed by atoms with Gasteiger partial charge in [0.2, 0.25) is 0 Å². The van der Waals surface area contributed by atoms with Crippen LogP contribution < -0.4 is 4.74 Å². The zero-order valence-corrected chi connectivity index (χ0v) is 20.1. The van der Waals surface area contributed by atoms with Crippen LogP contribution in [0.25, 0.3) is 22.3 Å². The van der Waals surface area contributed by atoms with E-state index in [2.05, 4.69) is 4.74 Å². The van der Waals surface area contributed by atoms with Crippen LogP contribution in [0.2, 0.25) is 0 Å². The summed E-state index contributed by atoms with van der Waals surface area (Å²) in [6.45, 7) is 3.53. The predicted molar refractivity (Wildman–Crippen MR) is 127 cm³/mol. The minimum absolute atomic E-state index is 0.105. The van der Waals surface area contributed by atoms with Crippen molar-refractivity contribution in [2.75, 3.05) is 0 Å². The van der Waals surface area contributed by atoms with E-state index in [1.165, 1.54) is 13.0 Å². The lowest BCUT2D eigenvalue weighted by atomic mass is 9.93. The molecule has 4 aromatic carbocycles. The number of ether oxygens (including phenoxy) is 1. The van der Waals surface area contributed by atoms with Crippen molar-refractivity contribution in [2.45, 2.75) is 32.8 Å². The summed E-state index contributed by atoms with van der Waals surface area (Å²) >= 11 is 0. The molecule has 0 aliphatic carbocycles. The molecule has 0 aliphatic rings. The third kappa shape index (κ3) is 5.23. The van der Waals surface area contributed by atoms with Crippen LogP contribution in [-0.2, 0) is 12.5 Å². The van der Waals surface area contributed by atoms with E-state index in [0.717, 1.165) is 24.0 Å². The van der Waals surface area contributed by atoms with Gasteiger partial charge >= 0.3 is 6.11 Å². The fraction of sp³-hybridized carbons (Fsp3) is 0.172. The van der Waals surface area contributed by atoms with Gasteiger partial charge in [0, 0.05) is 17.7 Å². The standard InChI is InChI=1S/C29H20F8O/c1-3-4-16-5-7-17(8-6-16)20-9-10-21(27(34)15(20)2)18-11-22(30)26(23(31)12-18)29(36,37)38-19-13-24(32)28(35)25(33)14-19/h5-14H,3-4H2,1-2H3. The largest absolute Gasteiger partial charge is 0.432 e. The molecule has 4 aromatic rings. The molecule has 0 radical (unpaired) electrons. The lowest BCUT2D eigenvalue weighted by molar-refractivity contribution is -0.189. The Labute approximate surface area is 213 Å². The average Bonchev–Trinajstić information content (AvgIpc) is 2.84. The SMILES string of the molecule is CCCc1ccc(-c2ccc(-c3cc(F)c(C(F)(F)Oc4cc(F)c(F)c(F)c4)c(F)c3)c(F)c2C)cc1. The number of hydrogen-bond acceptors (Lipinski definition) is 1. The van der Waals surface area contributed by atoms with E-state index >= 15 is 4.39 Å². The summed E-state index contributed by atoms with van der Waals surface area (Å²) in [5.41, 5.74) is 0.120. The smallest absolute Gasteiger partial charge is 0.429 e. The normalized spacial score (nSPS) is 11.6. The van der Waals surface area contributed by atoms with E-state index in [4.69, 9.17) is 0 Å². The lowest BCUT2D eigenvalue weighted by Crippen LogP contribution is -2.25. The molecule has 0 aromatic heterocycles. The Bertz CT molecular complexity index is 1450. The van der Waals surface area contributed by atoms with E-state index in [1.54, 1.807) is 6.07 Å². The maximum Gasteiger partial charge on any atom is 0.432 e. The molecule has 1 nitrogen and oxygen atoms in total. The summed E-state index contributed by atoms with van der Waals surface area (Å²) in [5.74, 6) is -11.2.